The molecule has 4 rings (SSSR count). The molecule has 8 heteroatoms. The molecule has 160 valence electrons. The van der Waals surface area contributed by atoms with E-state index in [0.717, 1.165) is 0 Å². The van der Waals surface area contributed by atoms with Crippen LogP contribution in [0.1, 0.15) is 28.6 Å². The number of hydrogen-bond donors (Lipinski definition) is 2. The van der Waals surface area contributed by atoms with Gasteiger partial charge in [0.25, 0.3) is 5.91 Å². The minimum Gasteiger partial charge on any atom is -0.508 e. The summed E-state index contributed by atoms with van der Waals surface area (Å²) in [7, 11) is 1.55. The zero-order valence-corrected chi connectivity index (χ0v) is 17.4. The second-order valence-electron chi connectivity index (χ2n) is 7.23. The monoisotopic (exact) mass is 441 g/mol. The van der Waals surface area contributed by atoms with Crippen LogP contribution >= 0.6 is 11.6 Å². The molecule has 1 aliphatic heterocycles. The van der Waals surface area contributed by atoms with E-state index in [1.807, 2.05) is 0 Å². The van der Waals surface area contributed by atoms with Gasteiger partial charge in [-0.3, -0.25) is 9.59 Å². The van der Waals surface area contributed by atoms with Gasteiger partial charge < -0.3 is 24.3 Å². The highest BCUT2D eigenvalue weighted by molar-refractivity contribution is 6.31. The third-order valence-electron chi connectivity index (χ3n) is 5.18. The van der Waals surface area contributed by atoms with Gasteiger partial charge in [0, 0.05) is 30.7 Å². The zero-order chi connectivity index (χ0) is 22.1. The molecular formula is C23H20ClNO6. The van der Waals surface area contributed by atoms with Crippen molar-refractivity contribution in [3.8, 4) is 5.75 Å². The van der Waals surface area contributed by atoms with Crippen molar-refractivity contribution in [2.75, 3.05) is 20.3 Å². The Labute approximate surface area is 183 Å². The Bertz CT molecular complexity index is 1200. The predicted octanol–water partition coefficient (Wildman–Crippen LogP) is 4.41. The molecule has 7 nitrogen and oxygen atoms in total. The highest BCUT2D eigenvalue weighted by Gasteiger charge is 2.44. The molecule has 0 aliphatic carbocycles. The van der Waals surface area contributed by atoms with Crippen LogP contribution in [0, 0.1) is 0 Å². The van der Waals surface area contributed by atoms with E-state index in [0.29, 0.717) is 34.6 Å². The van der Waals surface area contributed by atoms with Crippen LogP contribution in [0.3, 0.4) is 0 Å². The minimum absolute atomic E-state index is 0.0154. The lowest BCUT2D eigenvalue weighted by Crippen LogP contribution is -2.32. The molecule has 1 atom stereocenters. The van der Waals surface area contributed by atoms with E-state index in [1.165, 1.54) is 23.1 Å². The van der Waals surface area contributed by atoms with Gasteiger partial charge in [-0.05, 0) is 48.4 Å². The Kier molecular flexibility index (Phi) is 5.71. The molecule has 1 aliphatic rings. The number of ether oxygens (including phenoxy) is 1. The molecule has 2 heterocycles. The quantitative estimate of drug-likeness (QED) is 0.416. The van der Waals surface area contributed by atoms with Crippen molar-refractivity contribution < 1.29 is 29.0 Å². The van der Waals surface area contributed by atoms with Gasteiger partial charge in [-0.15, -0.1) is 0 Å². The first-order valence-corrected chi connectivity index (χ1v) is 10.0. The van der Waals surface area contributed by atoms with E-state index < -0.39 is 23.5 Å². The van der Waals surface area contributed by atoms with E-state index in [-0.39, 0.29) is 23.6 Å². The van der Waals surface area contributed by atoms with Gasteiger partial charge in [-0.2, -0.15) is 0 Å². The molecule has 31 heavy (non-hydrogen) atoms. The van der Waals surface area contributed by atoms with Crippen molar-refractivity contribution in [1.29, 1.82) is 0 Å². The second-order valence-corrected chi connectivity index (χ2v) is 7.66. The number of benzene rings is 2. The first-order chi connectivity index (χ1) is 14.9. The van der Waals surface area contributed by atoms with Crippen LogP contribution in [0.25, 0.3) is 11.0 Å². The summed E-state index contributed by atoms with van der Waals surface area (Å²) in [4.78, 5) is 27.6. The van der Waals surface area contributed by atoms with Crippen molar-refractivity contribution in [2.24, 2.45) is 0 Å². The molecule has 0 saturated carbocycles. The van der Waals surface area contributed by atoms with Crippen molar-refractivity contribution >= 4 is 34.3 Å². The number of furan rings is 1. The van der Waals surface area contributed by atoms with Gasteiger partial charge in [0.15, 0.2) is 11.5 Å². The number of hydrogen-bond acceptors (Lipinski definition) is 6. The molecular weight excluding hydrogens is 422 g/mol. The first-order valence-electron chi connectivity index (χ1n) is 9.66. The van der Waals surface area contributed by atoms with Crippen molar-refractivity contribution in [1.82, 2.24) is 4.90 Å². The number of Topliss-reactive ketones (excluding diaryl/α,β-unsaturated/α-hetero) is 1. The van der Waals surface area contributed by atoms with Gasteiger partial charge in [0.05, 0.1) is 11.6 Å². The van der Waals surface area contributed by atoms with Crippen molar-refractivity contribution in [3.63, 3.8) is 0 Å². The third-order valence-corrected chi connectivity index (χ3v) is 5.42. The van der Waals surface area contributed by atoms with Crippen LogP contribution in [0.15, 0.2) is 64.3 Å². The number of aliphatic hydroxyl groups is 1. The first kappa shape index (κ1) is 21.0. The summed E-state index contributed by atoms with van der Waals surface area (Å²) in [5.41, 5.74) is 0.860. The number of methoxy groups -OCH3 is 1. The van der Waals surface area contributed by atoms with Crippen molar-refractivity contribution in [3.05, 3.63) is 76.2 Å². The fourth-order valence-corrected chi connectivity index (χ4v) is 3.98. The summed E-state index contributed by atoms with van der Waals surface area (Å²) in [6.45, 7) is 0.661. The van der Waals surface area contributed by atoms with Crippen LogP contribution < -0.4 is 0 Å². The number of aromatic hydroxyl groups is 1. The van der Waals surface area contributed by atoms with E-state index in [9.17, 15) is 19.8 Å². The van der Waals surface area contributed by atoms with Gasteiger partial charge in [0.2, 0.25) is 5.78 Å². The fourth-order valence-electron chi connectivity index (χ4n) is 3.80. The number of amides is 1. The van der Waals surface area contributed by atoms with Crippen molar-refractivity contribution in [2.45, 2.75) is 12.5 Å². The molecule has 0 fully saturated rings. The molecule has 2 N–H and O–H groups in total. The number of ketones is 1. The van der Waals surface area contributed by atoms with E-state index in [1.54, 1.807) is 37.4 Å². The van der Waals surface area contributed by atoms with Gasteiger partial charge >= 0.3 is 0 Å². The molecule has 0 bridgehead atoms. The number of rotatable bonds is 7. The maximum Gasteiger partial charge on any atom is 0.290 e. The minimum atomic E-state index is -0.874. The van der Waals surface area contributed by atoms with Gasteiger partial charge in [-0.25, -0.2) is 0 Å². The summed E-state index contributed by atoms with van der Waals surface area (Å²) in [5, 5.41) is 21.7. The normalized spacial score (nSPS) is 16.5. The number of nitrogens with zero attached hydrogens (tertiary/aromatic N) is 1. The number of halogens is 1. The fraction of sp³-hybridized carbons (Fsp3) is 0.217. The summed E-state index contributed by atoms with van der Waals surface area (Å²) in [6.07, 6.45) is 0.509. The van der Waals surface area contributed by atoms with E-state index in [2.05, 4.69) is 0 Å². The predicted molar refractivity (Wildman–Crippen MR) is 114 cm³/mol. The summed E-state index contributed by atoms with van der Waals surface area (Å²) in [5.74, 6) is -1.93. The molecule has 0 radical (unpaired) electrons. The Hall–Kier alpha value is -3.29. The van der Waals surface area contributed by atoms with E-state index in [4.69, 9.17) is 20.8 Å². The Morgan fingerprint density at radius 2 is 2.00 bits per heavy atom. The molecule has 1 amide bonds. The largest absolute Gasteiger partial charge is 0.508 e. The standard InChI is InChI=1S/C23H20ClNO6/c1-30-9-3-8-25-20(13-4-2-5-16(26)11-13)19(22(28)23(25)29)21(27)18-12-14-10-15(24)6-7-17(14)31-18/h2,4-7,10-12,20,26,28H,3,8-9H2,1H3. The Morgan fingerprint density at radius 1 is 1.19 bits per heavy atom. The van der Waals surface area contributed by atoms with Crippen LogP contribution in [0.4, 0.5) is 0 Å². The number of phenols is 1. The molecule has 1 aromatic heterocycles. The number of fused-ring (bicyclic) bond motifs is 1. The topological polar surface area (TPSA) is 100 Å². The number of aliphatic hydroxyl groups excluding tert-OH is 1. The maximum atomic E-state index is 13.4. The summed E-state index contributed by atoms with van der Waals surface area (Å²) in [6, 6.07) is 11.9. The second kappa shape index (κ2) is 8.45. The lowest BCUT2D eigenvalue weighted by atomic mass is 9.94. The SMILES string of the molecule is COCCCN1C(=O)C(O)=C(C(=O)c2cc3cc(Cl)ccc3o2)C1c1cccc(O)c1. The molecule has 1 unspecified atom stereocenters. The van der Waals surface area contributed by atoms with Gasteiger partial charge in [0.1, 0.15) is 11.3 Å². The number of carbonyl (C=O) groups is 2. The maximum absolute atomic E-state index is 13.4. The molecule has 0 saturated heterocycles. The molecule has 2 aromatic carbocycles. The van der Waals surface area contributed by atoms with Crippen LogP contribution in [-0.2, 0) is 9.53 Å². The van der Waals surface area contributed by atoms with Crippen LogP contribution in [0.5, 0.6) is 5.75 Å². The smallest absolute Gasteiger partial charge is 0.290 e. The highest BCUT2D eigenvalue weighted by Crippen LogP contribution is 2.40. The number of carbonyl (C=O) groups excluding carboxylic acids is 2. The van der Waals surface area contributed by atoms with Gasteiger partial charge in [-0.1, -0.05) is 23.7 Å². The zero-order valence-electron chi connectivity index (χ0n) is 16.7. The van der Waals surface area contributed by atoms with E-state index >= 15 is 0 Å². The number of phenolic OH excluding ortho intramolecular Hbond substituents is 1. The molecule has 0 spiro atoms. The van der Waals surface area contributed by atoms with Crippen LogP contribution in [0.2, 0.25) is 5.02 Å². The lowest BCUT2D eigenvalue weighted by molar-refractivity contribution is -0.129. The summed E-state index contributed by atoms with van der Waals surface area (Å²) >= 11 is 6.01. The Balaban J connectivity index is 1.78. The third kappa shape index (κ3) is 3.89. The lowest BCUT2D eigenvalue weighted by Gasteiger charge is -2.26. The average molecular weight is 442 g/mol. The average Bonchev–Trinajstić information content (AvgIpc) is 3.27. The summed E-state index contributed by atoms with van der Waals surface area (Å²) < 4.78 is 10.7. The van der Waals surface area contributed by atoms with Crippen LogP contribution in [-0.4, -0.2) is 47.1 Å². The molecule has 3 aromatic rings. The Morgan fingerprint density at radius 3 is 2.74 bits per heavy atom. The highest BCUT2D eigenvalue weighted by atomic mass is 35.5.